The Bertz CT molecular complexity index is 343. The highest BCUT2D eigenvalue weighted by molar-refractivity contribution is 6.18. The van der Waals surface area contributed by atoms with Gasteiger partial charge in [-0.15, -0.1) is 11.6 Å². The third-order valence-electron chi connectivity index (χ3n) is 1.83. The molecule has 0 aliphatic rings. The first-order valence-electron chi connectivity index (χ1n) is 4.44. The summed E-state index contributed by atoms with van der Waals surface area (Å²) >= 11 is 5.42. The van der Waals surface area contributed by atoms with E-state index in [0.29, 0.717) is 12.2 Å². The first kappa shape index (κ1) is 11.8. The number of alkyl halides is 1. The van der Waals surface area contributed by atoms with Crippen LogP contribution in [0.1, 0.15) is 10.4 Å². The molecule has 1 rings (SSSR count). The van der Waals surface area contributed by atoms with Gasteiger partial charge in [0, 0.05) is 12.2 Å². The number of carbonyl (C=O) groups is 1. The number of aliphatic hydroxyl groups excluding tert-OH is 1. The molecular formula is C10H12ClNO3. The van der Waals surface area contributed by atoms with Crippen molar-refractivity contribution >= 4 is 23.3 Å². The summed E-state index contributed by atoms with van der Waals surface area (Å²) in [6.07, 6.45) is -0.639. The molecule has 0 saturated heterocycles. The second-order valence-electron chi connectivity index (χ2n) is 3.07. The predicted molar refractivity (Wildman–Crippen MR) is 58.6 cm³/mol. The topological polar surface area (TPSA) is 69.6 Å². The molecule has 0 aliphatic carbocycles. The van der Waals surface area contributed by atoms with Gasteiger partial charge in [0.2, 0.25) is 0 Å². The lowest BCUT2D eigenvalue weighted by Gasteiger charge is -2.10. The third kappa shape index (κ3) is 3.77. The number of aromatic carboxylic acids is 1. The molecule has 0 heterocycles. The lowest BCUT2D eigenvalue weighted by atomic mass is 10.2. The van der Waals surface area contributed by atoms with Gasteiger partial charge in [-0.05, 0) is 18.2 Å². The summed E-state index contributed by atoms with van der Waals surface area (Å²) in [5.74, 6) is -0.831. The van der Waals surface area contributed by atoms with Crippen LogP contribution in [0, 0.1) is 0 Å². The smallest absolute Gasteiger partial charge is 0.335 e. The molecule has 0 aliphatic heterocycles. The molecule has 0 bridgehead atoms. The fourth-order valence-corrected chi connectivity index (χ4v) is 1.16. The van der Waals surface area contributed by atoms with Crippen LogP contribution in [-0.2, 0) is 0 Å². The molecule has 3 N–H and O–H groups in total. The van der Waals surface area contributed by atoms with E-state index in [1.165, 1.54) is 12.1 Å². The number of nitrogens with one attached hydrogen (secondary N) is 1. The van der Waals surface area contributed by atoms with Crippen LogP contribution in [0.2, 0.25) is 0 Å². The van der Waals surface area contributed by atoms with Crippen molar-refractivity contribution in [3.8, 4) is 0 Å². The Labute approximate surface area is 92.5 Å². The Morgan fingerprint density at radius 2 is 2.27 bits per heavy atom. The van der Waals surface area contributed by atoms with Crippen molar-refractivity contribution in [2.24, 2.45) is 0 Å². The standard InChI is InChI=1S/C10H12ClNO3/c11-5-9(13)6-12-8-3-1-2-7(4-8)10(14)15/h1-4,9,12-13H,5-6H2,(H,14,15). The zero-order valence-corrected chi connectivity index (χ0v) is 8.74. The van der Waals surface area contributed by atoms with Gasteiger partial charge in [-0.1, -0.05) is 6.07 Å². The van der Waals surface area contributed by atoms with Gasteiger partial charge in [0.1, 0.15) is 0 Å². The molecule has 1 atom stereocenters. The van der Waals surface area contributed by atoms with E-state index in [4.69, 9.17) is 16.7 Å². The van der Waals surface area contributed by atoms with Crippen LogP contribution in [0.3, 0.4) is 0 Å². The maximum Gasteiger partial charge on any atom is 0.335 e. The molecule has 0 fully saturated rings. The first-order chi connectivity index (χ1) is 7.13. The second-order valence-corrected chi connectivity index (χ2v) is 3.38. The van der Waals surface area contributed by atoms with E-state index in [9.17, 15) is 9.90 Å². The highest BCUT2D eigenvalue weighted by atomic mass is 35.5. The summed E-state index contributed by atoms with van der Waals surface area (Å²) in [6, 6.07) is 6.38. The molecule has 15 heavy (non-hydrogen) atoms. The summed E-state index contributed by atoms with van der Waals surface area (Å²) in [7, 11) is 0. The quantitative estimate of drug-likeness (QED) is 0.668. The zero-order valence-electron chi connectivity index (χ0n) is 7.98. The van der Waals surface area contributed by atoms with Gasteiger partial charge >= 0.3 is 5.97 Å². The average Bonchev–Trinajstić information content (AvgIpc) is 2.26. The number of hydrogen-bond acceptors (Lipinski definition) is 3. The van der Waals surface area contributed by atoms with E-state index in [-0.39, 0.29) is 11.4 Å². The summed E-state index contributed by atoms with van der Waals surface area (Å²) in [6.45, 7) is 0.298. The van der Waals surface area contributed by atoms with Gasteiger partial charge in [0.25, 0.3) is 0 Å². The number of halogens is 1. The van der Waals surface area contributed by atoms with E-state index in [2.05, 4.69) is 5.32 Å². The Hall–Kier alpha value is -1.26. The van der Waals surface area contributed by atoms with Crippen LogP contribution in [0.4, 0.5) is 5.69 Å². The summed E-state index contributed by atoms with van der Waals surface area (Å²) < 4.78 is 0. The lowest BCUT2D eigenvalue weighted by Crippen LogP contribution is -2.20. The fraction of sp³-hybridized carbons (Fsp3) is 0.300. The van der Waals surface area contributed by atoms with Crippen LogP contribution in [0.25, 0.3) is 0 Å². The monoisotopic (exact) mass is 229 g/mol. The lowest BCUT2D eigenvalue weighted by molar-refractivity contribution is 0.0697. The third-order valence-corrected chi connectivity index (χ3v) is 2.19. The summed E-state index contributed by atoms with van der Waals surface area (Å²) in [5, 5.41) is 20.8. The highest BCUT2D eigenvalue weighted by Gasteiger charge is 2.04. The number of aliphatic hydroxyl groups is 1. The van der Waals surface area contributed by atoms with E-state index in [0.717, 1.165) is 0 Å². The van der Waals surface area contributed by atoms with Gasteiger partial charge in [0.15, 0.2) is 0 Å². The zero-order chi connectivity index (χ0) is 11.3. The average molecular weight is 230 g/mol. The number of carboxylic acid groups (broad SMARTS) is 1. The van der Waals surface area contributed by atoms with E-state index in [1.54, 1.807) is 12.1 Å². The minimum absolute atomic E-state index is 0.144. The van der Waals surface area contributed by atoms with Crippen molar-refractivity contribution < 1.29 is 15.0 Å². The fourth-order valence-electron chi connectivity index (χ4n) is 1.05. The van der Waals surface area contributed by atoms with E-state index in [1.807, 2.05) is 0 Å². The van der Waals surface area contributed by atoms with Crippen molar-refractivity contribution in [3.05, 3.63) is 29.8 Å². The largest absolute Gasteiger partial charge is 0.478 e. The molecule has 5 heteroatoms. The minimum atomic E-state index is -0.975. The number of anilines is 1. The molecule has 0 spiro atoms. The van der Waals surface area contributed by atoms with Gasteiger partial charge < -0.3 is 15.5 Å². The molecule has 1 aromatic rings. The van der Waals surface area contributed by atoms with Gasteiger partial charge in [-0.3, -0.25) is 0 Å². The molecule has 0 saturated carbocycles. The van der Waals surface area contributed by atoms with Crippen LogP contribution >= 0.6 is 11.6 Å². The predicted octanol–water partition coefficient (Wildman–Crippen LogP) is 1.40. The highest BCUT2D eigenvalue weighted by Crippen LogP contribution is 2.10. The van der Waals surface area contributed by atoms with Gasteiger partial charge in [-0.2, -0.15) is 0 Å². The van der Waals surface area contributed by atoms with Crippen LogP contribution in [0.5, 0.6) is 0 Å². The molecule has 82 valence electrons. The maximum absolute atomic E-state index is 10.6. The Kier molecular flexibility index (Phi) is 4.39. The molecule has 4 nitrogen and oxygen atoms in total. The van der Waals surface area contributed by atoms with Crippen molar-refractivity contribution in [2.45, 2.75) is 6.10 Å². The molecular weight excluding hydrogens is 218 g/mol. The van der Waals surface area contributed by atoms with E-state index >= 15 is 0 Å². The van der Waals surface area contributed by atoms with Crippen molar-refractivity contribution in [1.82, 2.24) is 0 Å². The van der Waals surface area contributed by atoms with Crippen molar-refractivity contribution in [2.75, 3.05) is 17.7 Å². The van der Waals surface area contributed by atoms with Crippen LogP contribution in [0.15, 0.2) is 24.3 Å². The molecule has 0 radical (unpaired) electrons. The van der Waals surface area contributed by atoms with Crippen LogP contribution < -0.4 is 5.32 Å². The molecule has 1 aromatic carbocycles. The minimum Gasteiger partial charge on any atom is -0.478 e. The summed E-state index contributed by atoms with van der Waals surface area (Å²) in [5.41, 5.74) is 0.861. The number of rotatable bonds is 5. The van der Waals surface area contributed by atoms with Crippen molar-refractivity contribution in [1.29, 1.82) is 0 Å². The van der Waals surface area contributed by atoms with Crippen molar-refractivity contribution in [3.63, 3.8) is 0 Å². The SMILES string of the molecule is O=C(O)c1cccc(NCC(O)CCl)c1. The Morgan fingerprint density at radius 1 is 1.53 bits per heavy atom. The normalized spacial score (nSPS) is 12.1. The van der Waals surface area contributed by atoms with E-state index < -0.39 is 12.1 Å². The Morgan fingerprint density at radius 3 is 2.87 bits per heavy atom. The first-order valence-corrected chi connectivity index (χ1v) is 4.98. The molecule has 0 amide bonds. The Balaban J connectivity index is 2.62. The van der Waals surface area contributed by atoms with Gasteiger partial charge in [-0.25, -0.2) is 4.79 Å². The molecule has 0 aromatic heterocycles. The summed E-state index contributed by atoms with van der Waals surface area (Å²) in [4.78, 5) is 10.6. The number of carboxylic acids is 1. The van der Waals surface area contributed by atoms with Gasteiger partial charge in [0.05, 0.1) is 17.5 Å². The van der Waals surface area contributed by atoms with Crippen LogP contribution in [-0.4, -0.2) is 34.7 Å². The molecule has 1 unspecified atom stereocenters. The second kappa shape index (κ2) is 5.58. The number of hydrogen-bond donors (Lipinski definition) is 3. The maximum atomic E-state index is 10.6. The number of benzene rings is 1.